The topological polar surface area (TPSA) is 86.9 Å². The molecule has 2 heterocycles. The summed E-state index contributed by atoms with van der Waals surface area (Å²) in [6, 6.07) is 13.4. The Labute approximate surface area is 193 Å². The first kappa shape index (κ1) is 22.6. The SMILES string of the molecule is CCCOc1ccc(CN2CC(c3nc(-c4ccc(OCC)c(OC)c4)no3)CC2=O)cc1. The molecule has 0 spiro atoms. The van der Waals surface area contributed by atoms with Crippen LogP contribution in [0.1, 0.15) is 44.1 Å². The molecule has 1 amide bonds. The average molecular weight is 452 g/mol. The van der Waals surface area contributed by atoms with E-state index >= 15 is 0 Å². The van der Waals surface area contributed by atoms with Crippen LogP contribution in [0.5, 0.6) is 17.2 Å². The molecule has 4 rings (SSSR count). The number of carbonyl (C=O) groups is 1. The summed E-state index contributed by atoms with van der Waals surface area (Å²) in [5.41, 5.74) is 1.82. The number of ether oxygens (including phenoxy) is 3. The standard InChI is InChI=1S/C25H29N3O5/c1-4-12-32-20-9-6-17(7-10-20)15-28-16-19(14-23(28)29)25-26-24(27-33-25)18-8-11-21(31-5-2)22(13-18)30-3/h6-11,13,19H,4-5,12,14-16H2,1-3H3. The van der Waals surface area contributed by atoms with Crippen molar-refractivity contribution in [1.82, 2.24) is 15.0 Å². The van der Waals surface area contributed by atoms with E-state index in [1.54, 1.807) is 7.11 Å². The minimum Gasteiger partial charge on any atom is -0.494 e. The first-order valence-corrected chi connectivity index (χ1v) is 11.3. The van der Waals surface area contributed by atoms with Gasteiger partial charge in [0, 0.05) is 25.1 Å². The number of hydrogen-bond donors (Lipinski definition) is 0. The minimum absolute atomic E-state index is 0.0776. The Hall–Kier alpha value is -3.55. The fourth-order valence-corrected chi connectivity index (χ4v) is 3.82. The summed E-state index contributed by atoms with van der Waals surface area (Å²) in [6.07, 6.45) is 1.32. The van der Waals surface area contributed by atoms with Gasteiger partial charge < -0.3 is 23.6 Å². The fraction of sp³-hybridized carbons (Fsp3) is 0.400. The van der Waals surface area contributed by atoms with Crippen LogP contribution in [0.15, 0.2) is 47.0 Å². The number of rotatable bonds is 10. The maximum atomic E-state index is 12.6. The third-order valence-electron chi connectivity index (χ3n) is 5.50. The highest BCUT2D eigenvalue weighted by Gasteiger charge is 2.34. The number of likely N-dealkylation sites (tertiary alicyclic amines) is 1. The molecule has 0 aliphatic carbocycles. The van der Waals surface area contributed by atoms with Crippen LogP contribution in [-0.4, -0.2) is 47.8 Å². The largest absolute Gasteiger partial charge is 0.494 e. The first-order valence-electron chi connectivity index (χ1n) is 11.3. The molecular formula is C25H29N3O5. The highest BCUT2D eigenvalue weighted by Crippen LogP contribution is 2.33. The van der Waals surface area contributed by atoms with Crippen molar-refractivity contribution in [2.75, 3.05) is 26.9 Å². The number of amides is 1. The van der Waals surface area contributed by atoms with Crippen LogP contribution in [-0.2, 0) is 11.3 Å². The molecule has 1 unspecified atom stereocenters. The van der Waals surface area contributed by atoms with Crippen molar-refractivity contribution in [3.63, 3.8) is 0 Å². The summed E-state index contributed by atoms with van der Waals surface area (Å²) >= 11 is 0. The van der Waals surface area contributed by atoms with E-state index < -0.39 is 0 Å². The zero-order chi connectivity index (χ0) is 23.2. The van der Waals surface area contributed by atoms with E-state index in [-0.39, 0.29) is 11.8 Å². The fourth-order valence-electron chi connectivity index (χ4n) is 3.82. The summed E-state index contributed by atoms with van der Waals surface area (Å²) in [5.74, 6) is 2.99. The molecule has 1 fully saturated rings. The molecule has 2 aromatic carbocycles. The van der Waals surface area contributed by atoms with Gasteiger partial charge in [-0.05, 0) is 49.2 Å². The minimum atomic E-state index is -0.129. The molecule has 8 nitrogen and oxygen atoms in total. The molecule has 33 heavy (non-hydrogen) atoms. The van der Waals surface area contributed by atoms with Crippen molar-refractivity contribution in [2.45, 2.75) is 39.2 Å². The Kier molecular flexibility index (Phi) is 7.12. The molecule has 1 saturated heterocycles. The van der Waals surface area contributed by atoms with E-state index in [0.717, 1.165) is 23.3 Å². The monoisotopic (exact) mass is 451 g/mol. The molecular weight excluding hydrogens is 422 g/mol. The van der Waals surface area contributed by atoms with E-state index in [9.17, 15) is 4.79 Å². The Morgan fingerprint density at radius 3 is 2.64 bits per heavy atom. The van der Waals surface area contributed by atoms with Crippen LogP contribution in [0.25, 0.3) is 11.4 Å². The molecule has 174 valence electrons. The second kappa shape index (κ2) is 10.4. The summed E-state index contributed by atoms with van der Waals surface area (Å²) < 4.78 is 22.1. The lowest BCUT2D eigenvalue weighted by Gasteiger charge is -2.16. The molecule has 0 saturated carbocycles. The Morgan fingerprint density at radius 1 is 1.09 bits per heavy atom. The van der Waals surface area contributed by atoms with Gasteiger partial charge in [0.05, 0.1) is 26.2 Å². The maximum absolute atomic E-state index is 12.6. The third-order valence-corrected chi connectivity index (χ3v) is 5.50. The Bertz CT molecular complexity index is 1080. The number of methoxy groups -OCH3 is 1. The summed E-state index contributed by atoms with van der Waals surface area (Å²) in [7, 11) is 1.59. The number of carbonyl (C=O) groups excluding carboxylic acids is 1. The highest BCUT2D eigenvalue weighted by atomic mass is 16.5. The Morgan fingerprint density at radius 2 is 1.91 bits per heavy atom. The van der Waals surface area contributed by atoms with Crippen molar-refractivity contribution < 1.29 is 23.5 Å². The van der Waals surface area contributed by atoms with Gasteiger partial charge in [0.1, 0.15) is 5.75 Å². The second-order valence-corrected chi connectivity index (χ2v) is 7.92. The predicted molar refractivity (Wildman–Crippen MR) is 122 cm³/mol. The molecule has 8 heteroatoms. The molecule has 1 aliphatic rings. The molecule has 1 aliphatic heterocycles. The molecule has 1 aromatic heterocycles. The number of nitrogens with zero attached hydrogens (tertiary/aromatic N) is 3. The number of benzene rings is 2. The average Bonchev–Trinajstić information content (AvgIpc) is 3.46. The maximum Gasteiger partial charge on any atom is 0.232 e. The van der Waals surface area contributed by atoms with E-state index in [4.69, 9.17) is 18.7 Å². The zero-order valence-corrected chi connectivity index (χ0v) is 19.2. The molecule has 0 bridgehead atoms. The van der Waals surface area contributed by atoms with Crippen molar-refractivity contribution in [3.8, 4) is 28.6 Å². The van der Waals surface area contributed by atoms with Gasteiger partial charge in [-0.25, -0.2) is 0 Å². The number of hydrogen-bond acceptors (Lipinski definition) is 7. The van der Waals surface area contributed by atoms with Crippen LogP contribution in [0.2, 0.25) is 0 Å². The van der Waals surface area contributed by atoms with Gasteiger partial charge in [-0.2, -0.15) is 4.98 Å². The van der Waals surface area contributed by atoms with Gasteiger partial charge in [0.25, 0.3) is 0 Å². The number of aromatic nitrogens is 2. The zero-order valence-electron chi connectivity index (χ0n) is 19.2. The lowest BCUT2D eigenvalue weighted by Crippen LogP contribution is -2.24. The van der Waals surface area contributed by atoms with Gasteiger partial charge in [0.15, 0.2) is 11.5 Å². The molecule has 3 aromatic rings. The van der Waals surface area contributed by atoms with Crippen LogP contribution in [0, 0.1) is 0 Å². The van der Waals surface area contributed by atoms with Crippen LogP contribution < -0.4 is 14.2 Å². The summed E-state index contributed by atoms with van der Waals surface area (Å²) in [5, 5.41) is 4.12. The van der Waals surface area contributed by atoms with Gasteiger partial charge in [-0.15, -0.1) is 0 Å². The summed E-state index contributed by atoms with van der Waals surface area (Å²) in [6.45, 7) is 6.32. The first-order chi connectivity index (χ1) is 16.1. The molecule has 0 radical (unpaired) electrons. The van der Waals surface area contributed by atoms with Crippen LogP contribution >= 0.6 is 0 Å². The van der Waals surface area contributed by atoms with Crippen molar-refractivity contribution in [1.29, 1.82) is 0 Å². The van der Waals surface area contributed by atoms with Crippen molar-refractivity contribution in [3.05, 3.63) is 53.9 Å². The van der Waals surface area contributed by atoms with Gasteiger partial charge in [0.2, 0.25) is 17.6 Å². The van der Waals surface area contributed by atoms with Crippen LogP contribution in [0.3, 0.4) is 0 Å². The van der Waals surface area contributed by atoms with Crippen molar-refractivity contribution >= 4 is 5.91 Å². The predicted octanol–water partition coefficient (Wildman–Crippen LogP) is 4.45. The van der Waals surface area contributed by atoms with Crippen molar-refractivity contribution in [2.24, 2.45) is 0 Å². The van der Waals surface area contributed by atoms with Crippen LogP contribution in [0.4, 0.5) is 0 Å². The van der Waals surface area contributed by atoms with E-state index in [0.29, 0.717) is 55.9 Å². The van der Waals surface area contributed by atoms with E-state index in [2.05, 4.69) is 17.1 Å². The van der Waals surface area contributed by atoms with Gasteiger partial charge in [-0.1, -0.05) is 24.2 Å². The molecule has 1 atom stereocenters. The second-order valence-electron chi connectivity index (χ2n) is 7.92. The van der Waals surface area contributed by atoms with E-state index in [1.807, 2.05) is 54.3 Å². The highest BCUT2D eigenvalue weighted by molar-refractivity contribution is 5.79. The third kappa shape index (κ3) is 5.27. The van der Waals surface area contributed by atoms with Gasteiger partial charge >= 0.3 is 0 Å². The lowest BCUT2D eigenvalue weighted by molar-refractivity contribution is -0.128. The smallest absolute Gasteiger partial charge is 0.232 e. The summed E-state index contributed by atoms with van der Waals surface area (Å²) in [4.78, 5) is 19.0. The van der Waals surface area contributed by atoms with Gasteiger partial charge in [-0.3, -0.25) is 4.79 Å². The van der Waals surface area contributed by atoms with E-state index in [1.165, 1.54) is 0 Å². The molecule has 0 N–H and O–H groups in total. The normalized spacial score (nSPS) is 15.7. The Balaban J connectivity index is 1.41. The lowest BCUT2D eigenvalue weighted by atomic mass is 10.1. The quantitative estimate of drug-likeness (QED) is 0.450.